The minimum Gasteiger partial charge on any atom is -0.378 e. The van der Waals surface area contributed by atoms with Gasteiger partial charge in [-0.25, -0.2) is 0 Å². The Hall–Kier alpha value is -0.120. The Labute approximate surface area is 106 Å². The van der Waals surface area contributed by atoms with Gasteiger partial charge in [-0.1, -0.05) is 20.3 Å². The number of hydrogen-bond acceptors (Lipinski definition) is 3. The third kappa shape index (κ3) is 2.51. The summed E-state index contributed by atoms with van der Waals surface area (Å²) in [6.45, 7) is 11.9. The first-order valence-corrected chi connectivity index (χ1v) is 6.95. The Morgan fingerprint density at radius 1 is 1.24 bits per heavy atom. The third-order valence-corrected chi connectivity index (χ3v) is 4.75. The number of nitrogens with two attached hydrogens (primary N) is 1. The van der Waals surface area contributed by atoms with Gasteiger partial charge in [-0.2, -0.15) is 0 Å². The molecule has 2 atom stereocenters. The van der Waals surface area contributed by atoms with Crippen molar-refractivity contribution in [3.8, 4) is 0 Å². The molecule has 1 saturated carbocycles. The predicted molar refractivity (Wildman–Crippen MR) is 71.0 cm³/mol. The molecule has 1 heterocycles. The molecule has 2 N–H and O–H groups in total. The van der Waals surface area contributed by atoms with Crippen molar-refractivity contribution >= 4 is 0 Å². The highest BCUT2D eigenvalue weighted by molar-refractivity contribution is 5.00. The van der Waals surface area contributed by atoms with Gasteiger partial charge in [0.2, 0.25) is 0 Å². The van der Waals surface area contributed by atoms with Gasteiger partial charge < -0.3 is 10.5 Å². The van der Waals surface area contributed by atoms with Crippen LogP contribution in [0.25, 0.3) is 0 Å². The van der Waals surface area contributed by atoms with E-state index in [4.69, 9.17) is 10.5 Å². The Morgan fingerprint density at radius 2 is 1.94 bits per heavy atom. The van der Waals surface area contributed by atoms with Crippen LogP contribution in [0.1, 0.15) is 47.0 Å². The van der Waals surface area contributed by atoms with Gasteiger partial charge in [-0.05, 0) is 32.1 Å². The van der Waals surface area contributed by atoms with Crippen LogP contribution in [-0.4, -0.2) is 42.3 Å². The number of rotatable bonds is 1. The highest BCUT2D eigenvalue weighted by atomic mass is 16.5. The molecular weight excluding hydrogens is 212 g/mol. The van der Waals surface area contributed by atoms with Crippen molar-refractivity contribution < 1.29 is 4.74 Å². The van der Waals surface area contributed by atoms with E-state index in [9.17, 15) is 0 Å². The fourth-order valence-corrected chi connectivity index (χ4v) is 3.47. The molecule has 0 amide bonds. The number of hydrogen-bond donors (Lipinski definition) is 1. The van der Waals surface area contributed by atoms with Crippen LogP contribution in [0.4, 0.5) is 0 Å². The van der Waals surface area contributed by atoms with Crippen LogP contribution in [0.2, 0.25) is 0 Å². The van der Waals surface area contributed by atoms with Gasteiger partial charge in [0.25, 0.3) is 0 Å². The van der Waals surface area contributed by atoms with Gasteiger partial charge in [0.15, 0.2) is 0 Å². The molecule has 3 nitrogen and oxygen atoms in total. The van der Waals surface area contributed by atoms with Crippen LogP contribution >= 0.6 is 0 Å². The van der Waals surface area contributed by atoms with Gasteiger partial charge >= 0.3 is 0 Å². The molecule has 1 aliphatic carbocycles. The first-order valence-electron chi connectivity index (χ1n) is 6.95. The van der Waals surface area contributed by atoms with Crippen LogP contribution in [0.5, 0.6) is 0 Å². The van der Waals surface area contributed by atoms with E-state index in [0.29, 0.717) is 6.04 Å². The standard InChI is InChI=1S/C14H28N2O/c1-13(2)7-5-6-11(12(13)15)16-8-9-17-10-14(16,3)4/h11-12H,5-10,15H2,1-4H3. The molecule has 2 unspecified atom stereocenters. The summed E-state index contributed by atoms with van der Waals surface area (Å²) in [6.07, 6.45) is 3.81. The molecule has 3 heteroatoms. The molecule has 17 heavy (non-hydrogen) atoms. The molecule has 0 radical (unpaired) electrons. The second-order valence-electron chi connectivity index (χ2n) is 7.03. The second-order valence-corrected chi connectivity index (χ2v) is 7.03. The summed E-state index contributed by atoms with van der Waals surface area (Å²) in [7, 11) is 0. The summed E-state index contributed by atoms with van der Waals surface area (Å²) >= 11 is 0. The van der Waals surface area contributed by atoms with Crippen molar-refractivity contribution in [3.63, 3.8) is 0 Å². The van der Waals surface area contributed by atoms with E-state index in [1.54, 1.807) is 0 Å². The Balaban J connectivity index is 2.15. The predicted octanol–water partition coefficient (Wildman–Crippen LogP) is 2.00. The molecular formula is C14H28N2O. The van der Waals surface area contributed by atoms with Gasteiger partial charge in [0, 0.05) is 24.2 Å². The zero-order valence-electron chi connectivity index (χ0n) is 11.8. The van der Waals surface area contributed by atoms with Crippen LogP contribution in [0.3, 0.4) is 0 Å². The second kappa shape index (κ2) is 4.52. The lowest BCUT2D eigenvalue weighted by atomic mass is 9.70. The molecule has 1 saturated heterocycles. The largest absolute Gasteiger partial charge is 0.378 e. The third-order valence-electron chi connectivity index (χ3n) is 4.75. The van der Waals surface area contributed by atoms with E-state index >= 15 is 0 Å². The van der Waals surface area contributed by atoms with E-state index in [-0.39, 0.29) is 17.0 Å². The van der Waals surface area contributed by atoms with E-state index in [0.717, 1.165) is 19.8 Å². The van der Waals surface area contributed by atoms with Gasteiger partial charge in [0.1, 0.15) is 0 Å². The zero-order chi connectivity index (χ0) is 12.7. The van der Waals surface area contributed by atoms with Crippen molar-refractivity contribution in [1.29, 1.82) is 0 Å². The van der Waals surface area contributed by atoms with Crippen molar-refractivity contribution in [1.82, 2.24) is 4.90 Å². The van der Waals surface area contributed by atoms with E-state index in [2.05, 4.69) is 32.6 Å². The minimum absolute atomic E-state index is 0.133. The normalized spacial score (nSPS) is 37.9. The van der Waals surface area contributed by atoms with Gasteiger partial charge in [0.05, 0.1) is 13.2 Å². The van der Waals surface area contributed by atoms with Gasteiger partial charge in [-0.15, -0.1) is 0 Å². The highest BCUT2D eigenvalue weighted by Crippen LogP contribution is 2.39. The van der Waals surface area contributed by atoms with E-state index < -0.39 is 0 Å². The number of morpholine rings is 1. The van der Waals surface area contributed by atoms with E-state index in [1.807, 2.05) is 0 Å². The smallest absolute Gasteiger partial charge is 0.0645 e. The number of nitrogens with zero attached hydrogens (tertiary/aromatic N) is 1. The Kier molecular flexibility index (Phi) is 3.54. The van der Waals surface area contributed by atoms with Crippen LogP contribution in [0, 0.1) is 5.41 Å². The molecule has 2 aliphatic rings. The molecule has 2 fully saturated rings. The number of ether oxygens (including phenoxy) is 1. The SMILES string of the molecule is CC1(C)CCCC(N2CCOCC2(C)C)C1N. The summed E-state index contributed by atoms with van der Waals surface area (Å²) in [5.74, 6) is 0. The fraction of sp³-hybridized carbons (Fsp3) is 1.00. The maximum absolute atomic E-state index is 6.53. The Bertz CT molecular complexity index is 275. The molecule has 1 aliphatic heterocycles. The summed E-state index contributed by atoms with van der Waals surface area (Å²) in [5.41, 5.74) is 6.93. The Morgan fingerprint density at radius 3 is 2.59 bits per heavy atom. The quantitative estimate of drug-likeness (QED) is 0.762. The molecule has 0 aromatic rings. The first-order chi connectivity index (χ1) is 7.84. The maximum Gasteiger partial charge on any atom is 0.0645 e. The average molecular weight is 240 g/mol. The van der Waals surface area contributed by atoms with E-state index in [1.165, 1.54) is 19.3 Å². The lowest BCUT2D eigenvalue weighted by molar-refractivity contribution is -0.0920. The van der Waals surface area contributed by atoms with Crippen LogP contribution in [-0.2, 0) is 4.74 Å². The summed E-state index contributed by atoms with van der Waals surface area (Å²) in [4.78, 5) is 2.60. The van der Waals surface area contributed by atoms with Crippen LogP contribution < -0.4 is 5.73 Å². The van der Waals surface area contributed by atoms with Crippen molar-refractivity contribution in [2.24, 2.45) is 11.1 Å². The maximum atomic E-state index is 6.53. The molecule has 100 valence electrons. The topological polar surface area (TPSA) is 38.5 Å². The molecule has 0 aromatic carbocycles. The molecule has 2 rings (SSSR count). The lowest BCUT2D eigenvalue weighted by Gasteiger charge is -2.53. The summed E-state index contributed by atoms with van der Waals surface area (Å²) in [5, 5.41) is 0. The van der Waals surface area contributed by atoms with Gasteiger partial charge in [-0.3, -0.25) is 4.90 Å². The van der Waals surface area contributed by atoms with Crippen molar-refractivity contribution in [2.75, 3.05) is 19.8 Å². The summed E-state index contributed by atoms with van der Waals surface area (Å²) in [6, 6.07) is 0.811. The average Bonchev–Trinajstić information content (AvgIpc) is 2.22. The molecule has 0 spiro atoms. The fourth-order valence-electron chi connectivity index (χ4n) is 3.47. The highest BCUT2D eigenvalue weighted by Gasteiger charge is 2.44. The molecule has 0 aromatic heterocycles. The molecule has 0 bridgehead atoms. The first kappa shape index (κ1) is 13.3. The summed E-state index contributed by atoms with van der Waals surface area (Å²) < 4.78 is 5.61. The minimum atomic E-state index is 0.133. The van der Waals surface area contributed by atoms with Crippen molar-refractivity contribution in [2.45, 2.75) is 64.6 Å². The van der Waals surface area contributed by atoms with Crippen molar-refractivity contribution in [3.05, 3.63) is 0 Å². The monoisotopic (exact) mass is 240 g/mol. The van der Waals surface area contributed by atoms with Crippen LogP contribution in [0.15, 0.2) is 0 Å². The lowest BCUT2D eigenvalue weighted by Crippen LogP contribution is -2.65. The zero-order valence-corrected chi connectivity index (χ0v) is 11.8.